The molecule has 1 aliphatic rings. The summed E-state index contributed by atoms with van der Waals surface area (Å²) in [5.41, 5.74) is 6.07. The van der Waals surface area contributed by atoms with E-state index < -0.39 is 0 Å². The summed E-state index contributed by atoms with van der Waals surface area (Å²) < 4.78 is 12.8. The molecule has 1 saturated heterocycles. The van der Waals surface area contributed by atoms with E-state index in [0.29, 0.717) is 0 Å². The Morgan fingerprint density at radius 2 is 1.60 bits per heavy atom. The minimum Gasteiger partial charge on any atom is -0.497 e. The van der Waals surface area contributed by atoms with Gasteiger partial charge in [0.25, 0.3) is 0 Å². The zero-order chi connectivity index (χ0) is 23.9. The Bertz CT molecular complexity index is 1180. The number of nitrogens with zero attached hydrogens (tertiary/aromatic N) is 4. The van der Waals surface area contributed by atoms with Crippen molar-refractivity contribution in [2.45, 2.75) is 19.6 Å². The number of hydrogen-bond acceptors (Lipinski definition) is 5. The smallest absolute Gasteiger partial charge is 0.119 e. The maximum absolute atomic E-state index is 5.48. The molecule has 0 spiro atoms. The first-order valence-electron chi connectivity index (χ1n) is 12.1. The lowest BCUT2D eigenvalue weighted by Crippen LogP contribution is -2.35. The summed E-state index contributed by atoms with van der Waals surface area (Å²) >= 11 is 0. The van der Waals surface area contributed by atoms with E-state index in [4.69, 9.17) is 9.47 Å². The molecule has 4 aromatic rings. The number of methoxy groups -OCH3 is 1. The van der Waals surface area contributed by atoms with Gasteiger partial charge in [0.2, 0.25) is 0 Å². The number of ether oxygens (including phenoxy) is 2. The van der Waals surface area contributed by atoms with Gasteiger partial charge in [-0.1, -0.05) is 36.4 Å². The fourth-order valence-electron chi connectivity index (χ4n) is 4.46. The Balaban J connectivity index is 1.35. The van der Waals surface area contributed by atoms with Crippen LogP contribution in [0.2, 0.25) is 0 Å². The lowest BCUT2D eigenvalue weighted by Gasteiger charge is -2.28. The van der Waals surface area contributed by atoms with Crippen LogP contribution in [-0.2, 0) is 24.4 Å². The second kappa shape index (κ2) is 11.2. The van der Waals surface area contributed by atoms with Crippen molar-refractivity contribution in [3.8, 4) is 11.4 Å². The normalized spacial score (nSPS) is 14.1. The molecule has 0 N–H and O–H groups in total. The van der Waals surface area contributed by atoms with Crippen LogP contribution in [-0.4, -0.2) is 48.1 Å². The summed E-state index contributed by atoms with van der Waals surface area (Å²) in [6.45, 7) is 6.21. The van der Waals surface area contributed by atoms with Crippen LogP contribution in [0.3, 0.4) is 0 Å². The van der Waals surface area contributed by atoms with Gasteiger partial charge in [0.05, 0.1) is 26.0 Å². The van der Waals surface area contributed by atoms with Crippen LogP contribution >= 0.6 is 0 Å². The van der Waals surface area contributed by atoms with Gasteiger partial charge in [-0.25, -0.2) is 4.68 Å². The Hall–Kier alpha value is -3.61. The van der Waals surface area contributed by atoms with E-state index in [1.54, 1.807) is 13.3 Å². The quantitative estimate of drug-likeness (QED) is 0.349. The van der Waals surface area contributed by atoms with Crippen LogP contribution in [0.25, 0.3) is 5.69 Å². The molecule has 0 amide bonds. The standard InChI is InChI=1S/C29H32N4O2/c1-34-29-5-2-4-26(20-29)23-32(22-25-8-12-28(13-9-25)33-15-3-14-30-33)27-10-6-24(7-11-27)21-31-16-18-35-19-17-31/h2-15,20H,16-19,21-23H2,1H3. The first-order chi connectivity index (χ1) is 17.3. The summed E-state index contributed by atoms with van der Waals surface area (Å²) in [6.07, 6.45) is 3.76. The Kier molecular flexibility index (Phi) is 7.41. The van der Waals surface area contributed by atoms with Gasteiger partial charge in [0, 0.05) is 50.8 Å². The maximum Gasteiger partial charge on any atom is 0.119 e. The molecule has 1 aromatic heterocycles. The third kappa shape index (κ3) is 6.10. The molecular weight excluding hydrogens is 436 g/mol. The van der Waals surface area contributed by atoms with Crippen LogP contribution in [0.5, 0.6) is 5.75 Å². The van der Waals surface area contributed by atoms with E-state index in [1.165, 1.54) is 22.4 Å². The number of benzene rings is 3. The van der Waals surface area contributed by atoms with Crippen molar-refractivity contribution in [3.05, 3.63) is 108 Å². The van der Waals surface area contributed by atoms with Gasteiger partial charge >= 0.3 is 0 Å². The zero-order valence-corrected chi connectivity index (χ0v) is 20.2. The van der Waals surface area contributed by atoms with Gasteiger partial charge in [-0.05, 0) is 59.2 Å². The van der Waals surface area contributed by atoms with Crippen LogP contribution in [0.4, 0.5) is 5.69 Å². The van der Waals surface area contributed by atoms with Gasteiger partial charge in [-0.15, -0.1) is 0 Å². The van der Waals surface area contributed by atoms with Gasteiger partial charge in [-0.2, -0.15) is 5.10 Å². The van der Waals surface area contributed by atoms with Crippen LogP contribution in [0, 0.1) is 0 Å². The predicted octanol–water partition coefficient (Wildman–Crippen LogP) is 4.92. The largest absolute Gasteiger partial charge is 0.497 e. The van der Waals surface area contributed by atoms with Gasteiger partial charge in [0.15, 0.2) is 0 Å². The van der Waals surface area contributed by atoms with Crippen LogP contribution in [0.15, 0.2) is 91.3 Å². The molecule has 5 rings (SSSR count). The monoisotopic (exact) mass is 468 g/mol. The van der Waals surface area contributed by atoms with Crippen molar-refractivity contribution in [1.29, 1.82) is 0 Å². The van der Waals surface area contributed by atoms with Crippen molar-refractivity contribution in [2.24, 2.45) is 0 Å². The molecule has 0 radical (unpaired) electrons. The predicted molar refractivity (Wildman–Crippen MR) is 139 cm³/mol. The average Bonchev–Trinajstić information content (AvgIpc) is 3.45. The summed E-state index contributed by atoms with van der Waals surface area (Å²) in [7, 11) is 1.71. The summed E-state index contributed by atoms with van der Waals surface area (Å²) in [5, 5.41) is 4.33. The molecule has 180 valence electrons. The van der Waals surface area contributed by atoms with Crippen LogP contribution in [0.1, 0.15) is 16.7 Å². The summed E-state index contributed by atoms with van der Waals surface area (Å²) in [4.78, 5) is 4.86. The lowest BCUT2D eigenvalue weighted by molar-refractivity contribution is 0.0342. The van der Waals surface area contributed by atoms with Crippen LogP contribution < -0.4 is 9.64 Å². The van der Waals surface area contributed by atoms with Gasteiger partial charge in [0.1, 0.15) is 5.75 Å². The molecule has 2 heterocycles. The SMILES string of the molecule is COc1cccc(CN(Cc2ccc(-n3cccn3)cc2)c2ccc(CN3CCOCC3)cc2)c1. The molecule has 0 saturated carbocycles. The van der Waals surface area contributed by atoms with Crippen molar-refractivity contribution in [1.82, 2.24) is 14.7 Å². The molecule has 6 heteroatoms. The van der Waals surface area contributed by atoms with E-state index in [0.717, 1.165) is 57.4 Å². The molecule has 1 fully saturated rings. The topological polar surface area (TPSA) is 42.8 Å². The highest BCUT2D eigenvalue weighted by atomic mass is 16.5. The highest BCUT2D eigenvalue weighted by Crippen LogP contribution is 2.24. The first-order valence-corrected chi connectivity index (χ1v) is 12.1. The Labute approximate surface area is 207 Å². The number of rotatable bonds is 9. The highest BCUT2D eigenvalue weighted by molar-refractivity contribution is 5.49. The maximum atomic E-state index is 5.48. The molecule has 35 heavy (non-hydrogen) atoms. The average molecular weight is 469 g/mol. The zero-order valence-electron chi connectivity index (χ0n) is 20.2. The van der Waals surface area contributed by atoms with Crippen molar-refractivity contribution in [3.63, 3.8) is 0 Å². The van der Waals surface area contributed by atoms with E-state index in [9.17, 15) is 0 Å². The molecule has 0 atom stereocenters. The Morgan fingerprint density at radius 3 is 2.31 bits per heavy atom. The third-order valence-electron chi connectivity index (χ3n) is 6.40. The molecule has 0 bridgehead atoms. The minimum atomic E-state index is 0.793. The fraction of sp³-hybridized carbons (Fsp3) is 0.276. The summed E-state index contributed by atoms with van der Waals surface area (Å²) in [6, 6.07) is 27.9. The number of morpholine rings is 1. The van der Waals surface area contributed by atoms with E-state index in [1.807, 2.05) is 23.0 Å². The van der Waals surface area contributed by atoms with Crippen molar-refractivity contribution < 1.29 is 9.47 Å². The number of aromatic nitrogens is 2. The molecule has 3 aromatic carbocycles. The second-order valence-electron chi connectivity index (χ2n) is 8.88. The molecule has 0 aliphatic carbocycles. The van der Waals surface area contributed by atoms with E-state index >= 15 is 0 Å². The van der Waals surface area contributed by atoms with Gasteiger partial charge in [-0.3, -0.25) is 4.90 Å². The lowest BCUT2D eigenvalue weighted by atomic mass is 10.1. The van der Waals surface area contributed by atoms with Gasteiger partial charge < -0.3 is 14.4 Å². The number of hydrogen-bond donors (Lipinski definition) is 0. The Morgan fingerprint density at radius 1 is 0.857 bits per heavy atom. The highest BCUT2D eigenvalue weighted by Gasteiger charge is 2.13. The second-order valence-corrected chi connectivity index (χ2v) is 8.88. The third-order valence-corrected chi connectivity index (χ3v) is 6.40. The van der Waals surface area contributed by atoms with E-state index in [2.05, 4.69) is 81.6 Å². The van der Waals surface area contributed by atoms with E-state index in [-0.39, 0.29) is 0 Å². The molecule has 6 nitrogen and oxygen atoms in total. The van der Waals surface area contributed by atoms with Crippen molar-refractivity contribution in [2.75, 3.05) is 38.3 Å². The summed E-state index contributed by atoms with van der Waals surface area (Å²) in [5.74, 6) is 0.881. The number of anilines is 1. The minimum absolute atomic E-state index is 0.793. The molecule has 1 aliphatic heterocycles. The first kappa shape index (κ1) is 23.1. The molecular formula is C29H32N4O2. The van der Waals surface area contributed by atoms with Crippen molar-refractivity contribution >= 4 is 5.69 Å². The molecule has 0 unspecified atom stereocenters. The fourth-order valence-corrected chi connectivity index (χ4v) is 4.46.